The Kier molecular flexibility index (Phi) is 5.26. The van der Waals surface area contributed by atoms with E-state index < -0.39 is 15.7 Å². The summed E-state index contributed by atoms with van der Waals surface area (Å²) in [7, 11) is -3.35. The van der Waals surface area contributed by atoms with E-state index in [4.69, 9.17) is 6.42 Å². The average molecular weight is 402 g/mol. The number of hydrogen-bond donors (Lipinski definition) is 0. The van der Waals surface area contributed by atoms with Crippen molar-refractivity contribution in [2.75, 3.05) is 6.26 Å². The fourth-order valence-corrected chi connectivity index (χ4v) is 4.34. The number of hydrogen-bond acceptors (Lipinski definition) is 4. The molecule has 0 atom stereocenters. The second-order valence-corrected chi connectivity index (χ2v) is 8.91. The lowest BCUT2D eigenvalue weighted by molar-refractivity contribution is -0.117. The van der Waals surface area contributed by atoms with Crippen molar-refractivity contribution in [3.63, 3.8) is 0 Å². The maximum atomic E-state index is 13.0. The smallest absolute Gasteiger partial charge is 0.252 e. The Morgan fingerprint density at radius 1 is 1.26 bits per heavy atom. The lowest BCUT2D eigenvalue weighted by atomic mass is 10.1. The van der Waals surface area contributed by atoms with Gasteiger partial charge in [0, 0.05) is 6.26 Å². The number of aromatic nitrogens is 1. The largest absolute Gasteiger partial charge is 0.305 e. The van der Waals surface area contributed by atoms with Crippen molar-refractivity contribution in [2.45, 2.75) is 17.9 Å². The van der Waals surface area contributed by atoms with Gasteiger partial charge in [-0.2, -0.15) is 4.99 Å². The van der Waals surface area contributed by atoms with Gasteiger partial charge in [0.15, 0.2) is 14.6 Å². The molecule has 138 valence electrons. The van der Waals surface area contributed by atoms with Gasteiger partial charge in [0.1, 0.15) is 5.82 Å². The fourth-order valence-electron chi connectivity index (χ4n) is 2.54. The third-order valence-corrected chi connectivity index (χ3v) is 5.97. The predicted molar refractivity (Wildman–Crippen MR) is 102 cm³/mol. The molecule has 2 aromatic carbocycles. The number of benzene rings is 2. The number of carbonyl (C=O) groups is 1. The molecule has 0 fully saturated rings. The van der Waals surface area contributed by atoms with Crippen LogP contribution in [0.4, 0.5) is 4.39 Å². The van der Waals surface area contributed by atoms with E-state index in [0.717, 1.165) is 6.26 Å². The molecule has 0 aliphatic rings. The molecule has 0 radical (unpaired) electrons. The summed E-state index contributed by atoms with van der Waals surface area (Å²) in [5.41, 5.74) is 1.35. The van der Waals surface area contributed by atoms with Gasteiger partial charge in [0.05, 0.1) is 28.1 Å². The number of amides is 1. The van der Waals surface area contributed by atoms with Gasteiger partial charge >= 0.3 is 0 Å². The van der Waals surface area contributed by atoms with E-state index in [1.54, 1.807) is 16.7 Å². The van der Waals surface area contributed by atoms with Crippen LogP contribution >= 0.6 is 11.3 Å². The van der Waals surface area contributed by atoms with Crippen molar-refractivity contribution in [2.24, 2.45) is 4.99 Å². The minimum Gasteiger partial charge on any atom is -0.305 e. The van der Waals surface area contributed by atoms with Gasteiger partial charge in [-0.3, -0.25) is 4.79 Å². The predicted octanol–water partition coefficient (Wildman–Crippen LogP) is 2.55. The number of sulfone groups is 1. The van der Waals surface area contributed by atoms with Gasteiger partial charge in [0.25, 0.3) is 5.91 Å². The molecule has 0 saturated heterocycles. The summed E-state index contributed by atoms with van der Waals surface area (Å²) in [6.45, 7) is 0.195. The number of fused-ring (bicyclic) bond motifs is 1. The first kappa shape index (κ1) is 19.0. The molecule has 27 heavy (non-hydrogen) atoms. The van der Waals surface area contributed by atoms with E-state index in [1.807, 2.05) is 0 Å². The lowest BCUT2D eigenvalue weighted by Gasteiger charge is -2.01. The maximum Gasteiger partial charge on any atom is 0.252 e. The van der Waals surface area contributed by atoms with Crippen LogP contribution in [0.15, 0.2) is 52.4 Å². The third-order valence-electron chi connectivity index (χ3n) is 3.82. The van der Waals surface area contributed by atoms with E-state index in [0.29, 0.717) is 20.6 Å². The monoisotopic (exact) mass is 402 g/mol. The average Bonchev–Trinajstić information content (AvgIpc) is 2.93. The van der Waals surface area contributed by atoms with Crippen molar-refractivity contribution >= 4 is 37.3 Å². The maximum absolute atomic E-state index is 13.0. The molecule has 8 heteroatoms. The van der Waals surface area contributed by atoms with Crippen LogP contribution in [0.25, 0.3) is 10.2 Å². The number of terminal acetylenes is 1. The molecule has 5 nitrogen and oxygen atoms in total. The van der Waals surface area contributed by atoms with E-state index in [2.05, 4.69) is 10.9 Å². The Balaban J connectivity index is 2.04. The second-order valence-electron chi connectivity index (χ2n) is 5.89. The molecule has 0 aliphatic heterocycles. The Bertz CT molecular complexity index is 1230. The molecule has 1 amide bonds. The van der Waals surface area contributed by atoms with Crippen molar-refractivity contribution in [1.82, 2.24) is 4.57 Å². The number of thiazole rings is 1. The Morgan fingerprint density at radius 3 is 2.59 bits per heavy atom. The molecule has 0 spiro atoms. The Labute approximate surface area is 159 Å². The molecule has 3 aromatic rings. The second kappa shape index (κ2) is 7.47. The zero-order valence-corrected chi connectivity index (χ0v) is 16.0. The standard InChI is InChI=1S/C19H15FN2O3S2/c1-3-10-22-16-9-8-15(27(2,24)25)12-17(16)26-19(22)21-18(23)11-13-4-6-14(20)7-5-13/h1,4-9,12H,10-11H2,2H3. The summed E-state index contributed by atoms with van der Waals surface area (Å²) in [5.74, 6) is 1.74. The summed E-state index contributed by atoms with van der Waals surface area (Å²) in [6, 6.07) is 10.3. The van der Waals surface area contributed by atoms with Gasteiger partial charge in [-0.25, -0.2) is 12.8 Å². The molecule has 0 N–H and O–H groups in total. The van der Waals surface area contributed by atoms with Crippen molar-refractivity contribution in [1.29, 1.82) is 0 Å². The summed E-state index contributed by atoms with van der Waals surface area (Å²) in [6.07, 6.45) is 6.58. The molecule has 1 heterocycles. The van der Waals surface area contributed by atoms with Crippen LogP contribution in [0.5, 0.6) is 0 Å². The molecule has 0 unspecified atom stereocenters. The number of nitrogens with zero attached hydrogens (tertiary/aromatic N) is 2. The minimum absolute atomic E-state index is 0.0270. The number of rotatable bonds is 4. The lowest BCUT2D eigenvalue weighted by Crippen LogP contribution is -2.17. The van der Waals surface area contributed by atoms with Gasteiger partial charge in [-0.1, -0.05) is 29.4 Å². The van der Waals surface area contributed by atoms with Gasteiger partial charge in [-0.15, -0.1) is 6.42 Å². The highest BCUT2D eigenvalue weighted by atomic mass is 32.2. The summed E-state index contributed by atoms with van der Waals surface area (Å²) in [5, 5.41) is 0. The van der Waals surface area contributed by atoms with E-state index in [-0.39, 0.29) is 23.7 Å². The summed E-state index contributed by atoms with van der Waals surface area (Å²) < 4.78 is 38.8. The zero-order chi connectivity index (χ0) is 19.6. The zero-order valence-electron chi connectivity index (χ0n) is 14.3. The van der Waals surface area contributed by atoms with E-state index in [9.17, 15) is 17.6 Å². The first-order chi connectivity index (χ1) is 12.8. The number of halogens is 1. The SMILES string of the molecule is C#CCn1c(=NC(=O)Cc2ccc(F)cc2)sc2cc(S(C)(=O)=O)ccc21. The summed E-state index contributed by atoms with van der Waals surface area (Å²) >= 11 is 1.19. The van der Waals surface area contributed by atoms with Crippen LogP contribution in [0.1, 0.15) is 5.56 Å². The minimum atomic E-state index is -3.35. The molecule has 3 rings (SSSR count). The van der Waals surface area contributed by atoms with Crippen LogP contribution in [0, 0.1) is 18.2 Å². The van der Waals surface area contributed by atoms with Crippen molar-refractivity contribution in [3.05, 3.63) is 58.6 Å². The van der Waals surface area contributed by atoms with Crippen LogP contribution in [0.2, 0.25) is 0 Å². The van der Waals surface area contributed by atoms with Crippen LogP contribution in [-0.4, -0.2) is 25.1 Å². The Morgan fingerprint density at radius 2 is 1.96 bits per heavy atom. The highest BCUT2D eigenvalue weighted by Crippen LogP contribution is 2.22. The van der Waals surface area contributed by atoms with E-state index in [1.165, 1.54) is 41.7 Å². The molecular formula is C19H15FN2O3S2. The highest BCUT2D eigenvalue weighted by Gasteiger charge is 2.12. The molecule has 0 aliphatic carbocycles. The first-order valence-electron chi connectivity index (χ1n) is 7.87. The molecule has 0 saturated carbocycles. The van der Waals surface area contributed by atoms with Crippen LogP contribution in [0.3, 0.4) is 0 Å². The number of carbonyl (C=O) groups excluding carboxylic acids is 1. The first-order valence-corrected chi connectivity index (χ1v) is 10.6. The van der Waals surface area contributed by atoms with Crippen molar-refractivity contribution < 1.29 is 17.6 Å². The van der Waals surface area contributed by atoms with Crippen LogP contribution in [-0.2, 0) is 27.6 Å². The third kappa shape index (κ3) is 4.32. The molecule has 0 bridgehead atoms. The van der Waals surface area contributed by atoms with Crippen molar-refractivity contribution in [3.8, 4) is 12.3 Å². The van der Waals surface area contributed by atoms with Crippen LogP contribution < -0.4 is 4.80 Å². The summed E-state index contributed by atoms with van der Waals surface area (Å²) in [4.78, 5) is 17.0. The molecular weight excluding hydrogens is 387 g/mol. The van der Waals surface area contributed by atoms with Gasteiger partial charge in [-0.05, 0) is 35.9 Å². The van der Waals surface area contributed by atoms with E-state index >= 15 is 0 Å². The quantitative estimate of drug-likeness (QED) is 0.630. The van der Waals surface area contributed by atoms with Gasteiger partial charge in [0.2, 0.25) is 0 Å². The fraction of sp³-hybridized carbons (Fsp3) is 0.158. The van der Waals surface area contributed by atoms with Gasteiger partial charge < -0.3 is 4.57 Å². The topological polar surface area (TPSA) is 68.5 Å². The Hall–Kier alpha value is -2.76. The normalized spacial score (nSPS) is 12.3. The highest BCUT2D eigenvalue weighted by molar-refractivity contribution is 7.90. The molecule has 1 aromatic heterocycles.